The summed E-state index contributed by atoms with van der Waals surface area (Å²) in [6, 6.07) is 50.5. The Bertz CT molecular complexity index is 2310. The lowest BCUT2D eigenvalue weighted by atomic mass is 10.1. The zero-order valence-electron chi connectivity index (χ0n) is 29.8. The van der Waals surface area contributed by atoms with Crippen molar-refractivity contribution in [2.24, 2.45) is 0 Å². The van der Waals surface area contributed by atoms with Crippen LogP contribution >= 0.6 is 0 Å². The summed E-state index contributed by atoms with van der Waals surface area (Å²) in [5, 5.41) is 0. The summed E-state index contributed by atoms with van der Waals surface area (Å²) in [6.45, 7) is 2.17. The molecule has 8 heteroatoms. The Morgan fingerprint density at radius 3 is 1.24 bits per heavy atom. The van der Waals surface area contributed by atoms with Gasteiger partial charge in [0.2, 0.25) is 0 Å². The molecular formula is C46H40N2O6. The van der Waals surface area contributed by atoms with Gasteiger partial charge in [0, 0.05) is 12.1 Å². The van der Waals surface area contributed by atoms with E-state index in [4.69, 9.17) is 39.9 Å². The number of rotatable bonds is 15. The van der Waals surface area contributed by atoms with Crippen molar-refractivity contribution in [2.45, 2.75) is 26.2 Å². The van der Waals surface area contributed by atoms with Gasteiger partial charge in [-0.3, -0.25) is 0 Å². The van der Waals surface area contributed by atoms with E-state index in [2.05, 4.69) is 13.0 Å². The number of ether oxygens (including phenoxy) is 6. The molecule has 0 bridgehead atoms. The van der Waals surface area contributed by atoms with Gasteiger partial charge < -0.3 is 39.9 Å². The second kappa shape index (κ2) is 17.0. The first kappa shape index (κ1) is 35.3. The molecule has 270 valence electrons. The summed E-state index contributed by atoms with van der Waals surface area (Å²) in [5.41, 5.74) is 14.2. The molecule has 7 aromatic rings. The number of benzene rings is 7. The number of anilines is 2. The lowest BCUT2D eigenvalue weighted by molar-refractivity contribution is 0.408. The predicted molar refractivity (Wildman–Crippen MR) is 213 cm³/mol. The van der Waals surface area contributed by atoms with Crippen LogP contribution in [0.5, 0.6) is 69.0 Å². The topological polar surface area (TPSA) is 107 Å². The Morgan fingerprint density at radius 2 is 0.759 bits per heavy atom. The van der Waals surface area contributed by atoms with E-state index >= 15 is 0 Å². The zero-order chi connectivity index (χ0) is 37.1. The number of aryl methyl sites for hydroxylation is 1. The van der Waals surface area contributed by atoms with E-state index in [0.29, 0.717) is 80.4 Å². The summed E-state index contributed by atoms with van der Waals surface area (Å²) in [6.07, 6.45) is 2.89. The summed E-state index contributed by atoms with van der Waals surface area (Å²) in [7, 11) is 0. The van der Waals surface area contributed by atoms with E-state index < -0.39 is 0 Å². The second-order valence-electron chi connectivity index (χ2n) is 12.4. The summed E-state index contributed by atoms with van der Waals surface area (Å²) >= 11 is 0. The number of hydrogen-bond acceptors (Lipinski definition) is 8. The first-order chi connectivity index (χ1) is 26.5. The van der Waals surface area contributed by atoms with Gasteiger partial charge in [0.15, 0.2) is 11.5 Å². The molecule has 0 aliphatic heterocycles. The highest BCUT2D eigenvalue weighted by atomic mass is 16.5. The molecule has 0 aromatic heterocycles. The molecule has 0 atom stereocenters. The fraction of sp³-hybridized carbons (Fsp3) is 0.0870. The molecular weight excluding hydrogens is 677 g/mol. The Hall–Kier alpha value is -7.06. The van der Waals surface area contributed by atoms with Crippen LogP contribution in [-0.4, -0.2) is 0 Å². The van der Waals surface area contributed by atoms with Gasteiger partial charge >= 0.3 is 0 Å². The van der Waals surface area contributed by atoms with Crippen LogP contribution in [0, 0.1) is 0 Å². The molecule has 8 nitrogen and oxygen atoms in total. The lowest BCUT2D eigenvalue weighted by Crippen LogP contribution is -1.97. The van der Waals surface area contributed by atoms with Gasteiger partial charge in [-0.05, 0) is 122 Å². The van der Waals surface area contributed by atoms with Crippen molar-refractivity contribution in [2.75, 3.05) is 11.5 Å². The van der Waals surface area contributed by atoms with Crippen molar-refractivity contribution >= 4 is 11.4 Å². The fourth-order valence-corrected chi connectivity index (χ4v) is 5.59. The van der Waals surface area contributed by atoms with Crippen LogP contribution in [0.2, 0.25) is 0 Å². The maximum absolute atomic E-state index is 6.58. The predicted octanol–water partition coefficient (Wildman–Crippen LogP) is 12.9. The van der Waals surface area contributed by atoms with Crippen LogP contribution < -0.4 is 39.9 Å². The van der Waals surface area contributed by atoms with Gasteiger partial charge in [-0.2, -0.15) is 0 Å². The summed E-state index contributed by atoms with van der Waals surface area (Å²) < 4.78 is 37.3. The van der Waals surface area contributed by atoms with Crippen molar-refractivity contribution in [3.8, 4) is 69.0 Å². The lowest BCUT2D eigenvalue weighted by Gasteiger charge is -2.17. The van der Waals surface area contributed by atoms with E-state index in [1.807, 2.05) is 146 Å². The molecule has 54 heavy (non-hydrogen) atoms. The van der Waals surface area contributed by atoms with Crippen molar-refractivity contribution in [1.29, 1.82) is 0 Å². The monoisotopic (exact) mass is 716 g/mol. The number of nitrogen functional groups attached to an aromatic ring is 2. The second-order valence-corrected chi connectivity index (χ2v) is 12.4. The fourth-order valence-electron chi connectivity index (χ4n) is 5.59. The molecule has 0 saturated carbocycles. The zero-order valence-corrected chi connectivity index (χ0v) is 29.8. The first-order valence-electron chi connectivity index (χ1n) is 17.8. The van der Waals surface area contributed by atoms with Gasteiger partial charge in [-0.15, -0.1) is 0 Å². The Kier molecular flexibility index (Phi) is 11.1. The molecule has 7 aromatic carbocycles. The van der Waals surface area contributed by atoms with Gasteiger partial charge in [0.25, 0.3) is 0 Å². The first-order valence-corrected chi connectivity index (χ1v) is 17.8. The van der Waals surface area contributed by atoms with Crippen LogP contribution in [-0.2, 0) is 6.42 Å². The third kappa shape index (κ3) is 9.23. The Labute approximate surface area is 315 Å². The molecule has 0 spiro atoms. The van der Waals surface area contributed by atoms with Gasteiger partial charge in [0.1, 0.15) is 57.5 Å². The van der Waals surface area contributed by atoms with Crippen molar-refractivity contribution in [3.05, 3.63) is 169 Å². The SMILES string of the molecule is CCCCc1cccc(Oc2cccc(Oc3ccc(Oc4ccccc4N)cc3)c2)c1Oc1cccc(Oc2ccc(Oc3ccccc3N)cc2)c1. The van der Waals surface area contributed by atoms with E-state index in [1.54, 1.807) is 12.1 Å². The average molecular weight is 717 g/mol. The molecule has 4 N–H and O–H groups in total. The molecule has 0 amide bonds. The van der Waals surface area contributed by atoms with Crippen LogP contribution in [0.1, 0.15) is 25.3 Å². The highest BCUT2D eigenvalue weighted by Crippen LogP contribution is 2.41. The quantitative estimate of drug-likeness (QED) is 0.101. The maximum atomic E-state index is 6.58. The third-order valence-corrected chi connectivity index (χ3v) is 8.33. The molecule has 0 saturated heterocycles. The number of hydrogen-bond donors (Lipinski definition) is 2. The van der Waals surface area contributed by atoms with Gasteiger partial charge in [-0.1, -0.05) is 61.9 Å². The molecule has 0 aliphatic rings. The number of para-hydroxylation sites is 5. The third-order valence-electron chi connectivity index (χ3n) is 8.33. The van der Waals surface area contributed by atoms with Crippen molar-refractivity contribution < 1.29 is 28.4 Å². The normalized spacial score (nSPS) is 10.7. The maximum Gasteiger partial charge on any atom is 0.173 e. The Balaban J connectivity index is 1.04. The Morgan fingerprint density at radius 1 is 0.370 bits per heavy atom. The molecule has 0 fully saturated rings. The standard InChI is InChI=1S/C46H40N2O6/c1-2-3-11-32-12-8-21-45(53-39-15-9-13-37(30-39)49-33-22-26-35(27-23-33)51-43-19-6-4-17-41(43)47)46(32)54-40-16-10-14-38(31-40)50-34-24-28-36(29-25-34)52-44-20-7-5-18-42(44)48/h4-10,12-31H,2-3,11,47-48H2,1H3. The van der Waals surface area contributed by atoms with E-state index in [1.165, 1.54) is 0 Å². The largest absolute Gasteiger partial charge is 0.457 e. The van der Waals surface area contributed by atoms with Crippen LogP contribution in [0.4, 0.5) is 11.4 Å². The van der Waals surface area contributed by atoms with Gasteiger partial charge in [0.05, 0.1) is 11.4 Å². The van der Waals surface area contributed by atoms with Crippen molar-refractivity contribution in [1.82, 2.24) is 0 Å². The summed E-state index contributed by atoms with van der Waals surface area (Å²) in [4.78, 5) is 0. The van der Waals surface area contributed by atoms with Gasteiger partial charge in [-0.25, -0.2) is 0 Å². The highest BCUT2D eigenvalue weighted by molar-refractivity contribution is 5.56. The van der Waals surface area contributed by atoms with Crippen LogP contribution in [0.25, 0.3) is 0 Å². The highest BCUT2D eigenvalue weighted by Gasteiger charge is 2.15. The minimum absolute atomic E-state index is 0.571. The number of unbranched alkanes of at least 4 members (excludes halogenated alkanes) is 1. The van der Waals surface area contributed by atoms with Crippen molar-refractivity contribution in [3.63, 3.8) is 0 Å². The molecule has 0 aliphatic carbocycles. The summed E-state index contributed by atoms with van der Waals surface area (Å²) in [5.74, 6) is 7.48. The molecule has 7 rings (SSSR count). The molecule has 0 radical (unpaired) electrons. The van der Waals surface area contributed by atoms with E-state index in [9.17, 15) is 0 Å². The van der Waals surface area contributed by atoms with E-state index in [0.717, 1.165) is 24.8 Å². The minimum atomic E-state index is 0.571. The molecule has 0 unspecified atom stereocenters. The van der Waals surface area contributed by atoms with Crippen LogP contribution in [0.15, 0.2) is 164 Å². The smallest absolute Gasteiger partial charge is 0.173 e. The minimum Gasteiger partial charge on any atom is -0.457 e. The van der Waals surface area contributed by atoms with E-state index in [-0.39, 0.29) is 0 Å². The average Bonchev–Trinajstić information content (AvgIpc) is 3.18. The van der Waals surface area contributed by atoms with Crippen LogP contribution in [0.3, 0.4) is 0 Å². The molecule has 0 heterocycles. The number of nitrogens with two attached hydrogens (primary N) is 2.